The van der Waals surface area contributed by atoms with Gasteiger partial charge in [0.2, 0.25) is 0 Å². The SMILES string of the molecule is CN1CCN(Cc2ccc(NS(=O)(=O)c3ccccc3)cc2)CC1. The van der Waals surface area contributed by atoms with Crippen LogP contribution in [-0.2, 0) is 16.6 Å². The molecule has 1 fully saturated rings. The van der Waals surface area contributed by atoms with E-state index in [2.05, 4.69) is 21.6 Å². The summed E-state index contributed by atoms with van der Waals surface area (Å²) in [6.45, 7) is 5.22. The highest BCUT2D eigenvalue weighted by Gasteiger charge is 2.15. The maximum atomic E-state index is 12.3. The third-order valence-electron chi connectivity index (χ3n) is 4.26. The fourth-order valence-electron chi connectivity index (χ4n) is 2.76. The summed E-state index contributed by atoms with van der Waals surface area (Å²) in [7, 11) is -1.38. The van der Waals surface area contributed by atoms with Crippen molar-refractivity contribution in [2.75, 3.05) is 37.9 Å². The average molecular weight is 345 g/mol. The monoisotopic (exact) mass is 345 g/mol. The van der Waals surface area contributed by atoms with Crippen LogP contribution in [0.2, 0.25) is 0 Å². The molecule has 0 radical (unpaired) electrons. The van der Waals surface area contributed by atoms with Crippen molar-refractivity contribution < 1.29 is 8.42 Å². The Morgan fingerprint density at radius 1 is 0.917 bits per heavy atom. The summed E-state index contributed by atoms with van der Waals surface area (Å²) >= 11 is 0. The molecular weight excluding hydrogens is 322 g/mol. The van der Waals surface area contributed by atoms with Crippen LogP contribution < -0.4 is 4.72 Å². The molecule has 1 saturated heterocycles. The van der Waals surface area contributed by atoms with Crippen molar-refractivity contribution in [1.82, 2.24) is 9.80 Å². The lowest BCUT2D eigenvalue weighted by atomic mass is 10.2. The van der Waals surface area contributed by atoms with Gasteiger partial charge in [0.25, 0.3) is 10.0 Å². The maximum Gasteiger partial charge on any atom is 0.261 e. The second-order valence-electron chi connectivity index (χ2n) is 6.19. The van der Waals surface area contributed by atoms with Crippen molar-refractivity contribution in [2.45, 2.75) is 11.4 Å². The van der Waals surface area contributed by atoms with Gasteiger partial charge < -0.3 is 4.90 Å². The predicted octanol–water partition coefficient (Wildman–Crippen LogP) is 2.23. The molecule has 6 heteroatoms. The lowest BCUT2D eigenvalue weighted by Crippen LogP contribution is -2.43. The first-order valence-corrected chi connectivity index (χ1v) is 9.59. The van der Waals surface area contributed by atoms with E-state index < -0.39 is 10.0 Å². The van der Waals surface area contributed by atoms with Gasteiger partial charge in [-0.25, -0.2) is 8.42 Å². The van der Waals surface area contributed by atoms with Gasteiger partial charge in [-0.3, -0.25) is 9.62 Å². The molecule has 5 nitrogen and oxygen atoms in total. The van der Waals surface area contributed by atoms with Gasteiger partial charge in [0, 0.05) is 38.4 Å². The molecule has 3 rings (SSSR count). The number of likely N-dealkylation sites (N-methyl/N-ethyl adjacent to an activating group) is 1. The molecule has 0 spiro atoms. The Kier molecular flexibility index (Phi) is 5.18. The van der Waals surface area contributed by atoms with Crippen LogP contribution >= 0.6 is 0 Å². The summed E-state index contributed by atoms with van der Waals surface area (Å²) in [6, 6.07) is 16.0. The van der Waals surface area contributed by atoms with E-state index in [0.717, 1.165) is 32.7 Å². The molecule has 1 N–H and O–H groups in total. The van der Waals surface area contributed by atoms with E-state index in [1.807, 2.05) is 24.3 Å². The minimum atomic E-state index is -3.53. The standard InChI is InChI=1S/C18H23N3O2S/c1-20-11-13-21(14-12-20)15-16-7-9-17(10-8-16)19-24(22,23)18-5-3-2-4-6-18/h2-10,19H,11-15H2,1H3. The van der Waals surface area contributed by atoms with Crippen molar-refractivity contribution in [2.24, 2.45) is 0 Å². The summed E-state index contributed by atoms with van der Waals surface area (Å²) < 4.78 is 27.2. The molecule has 0 aliphatic carbocycles. The Balaban J connectivity index is 1.62. The highest BCUT2D eigenvalue weighted by molar-refractivity contribution is 7.92. The largest absolute Gasteiger partial charge is 0.304 e. The van der Waals surface area contributed by atoms with Gasteiger partial charge in [0.15, 0.2) is 0 Å². The quantitative estimate of drug-likeness (QED) is 0.903. The first kappa shape index (κ1) is 17.0. The Hall–Kier alpha value is -1.89. The molecule has 1 heterocycles. The Bertz CT molecular complexity index is 753. The van der Waals surface area contributed by atoms with Gasteiger partial charge in [-0.2, -0.15) is 0 Å². The van der Waals surface area contributed by atoms with E-state index in [9.17, 15) is 8.42 Å². The molecule has 0 unspecified atom stereocenters. The third-order valence-corrected chi connectivity index (χ3v) is 5.66. The van der Waals surface area contributed by atoms with E-state index in [-0.39, 0.29) is 4.90 Å². The average Bonchev–Trinajstić information content (AvgIpc) is 2.59. The fraction of sp³-hybridized carbons (Fsp3) is 0.333. The number of nitrogens with zero attached hydrogens (tertiary/aromatic N) is 2. The predicted molar refractivity (Wildman–Crippen MR) is 96.5 cm³/mol. The van der Waals surface area contributed by atoms with Crippen molar-refractivity contribution in [3.63, 3.8) is 0 Å². The van der Waals surface area contributed by atoms with Gasteiger partial charge in [0.1, 0.15) is 0 Å². The molecule has 128 valence electrons. The van der Waals surface area contributed by atoms with Gasteiger partial charge in [0.05, 0.1) is 4.90 Å². The smallest absolute Gasteiger partial charge is 0.261 e. The van der Waals surface area contributed by atoms with Gasteiger partial charge in [-0.1, -0.05) is 30.3 Å². The summed E-state index contributed by atoms with van der Waals surface area (Å²) in [6.07, 6.45) is 0. The van der Waals surface area contributed by atoms with Crippen molar-refractivity contribution >= 4 is 15.7 Å². The van der Waals surface area contributed by atoms with Gasteiger partial charge >= 0.3 is 0 Å². The second-order valence-corrected chi connectivity index (χ2v) is 7.88. The number of hydrogen-bond acceptors (Lipinski definition) is 4. The molecule has 1 aliphatic heterocycles. The molecule has 2 aromatic rings. The van der Waals surface area contributed by atoms with Crippen LogP contribution in [0.25, 0.3) is 0 Å². The van der Waals surface area contributed by atoms with Crippen LogP contribution in [0.3, 0.4) is 0 Å². The first-order chi connectivity index (χ1) is 11.5. The van der Waals surface area contributed by atoms with E-state index in [1.165, 1.54) is 5.56 Å². The van der Waals surface area contributed by atoms with Crippen molar-refractivity contribution in [3.05, 3.63) is 60.2 Å². The Morgan fingerprint density at radius 3 is 2.17 bits per heavy atom. The van der Waals surface area contributed by atoms with E-state index >= 15 is 0 Å². The Morgan fingerprint density at radius 2 is 1.54 bits per heavy atom. The van der Waals surface area contributed by atoms with E-state index in [0.29, 0.717) is 5.69 Å². The molecule has 0 amide bonds. The summed E-state index contributed by atoms with van der Waals surface area (Å²) in [5.41, 5.74) is 1.78. The number of anilines is 1. The summed E-state index contributed by atoms with van der Waals surface area (Å²) in [5.74, 6) is 0. The number of benzene rings is 2. The van der Waals surface area contributed by atoms with Crippen LogP contribution in [0, 0.1) is 0 Å². The van der Waals surface area contributed by atoms with Crippen LogP contribution in [0.15, 0.2) is 59.5 Å². The van der Waals surface area contributed by atoms with E-state index in [4.69, 9.17) is 0 Å². The highest BCUT2D eigenvalue weighted by Crippen LogP contribution is 2.17. The number of sulfonamides is 1. The molecule has 0 saturated carbocycles. The van der Waals surface area contributed by atoms with Crippen molar-refractivity contribution in [1.29, 1.82) is 0 Å². The molecule has 0 aromatic heterocycles. The summed E-state index contributed by atoms with van der Waals surface area (Å²) in [4.78, 5) is 5.02. The third kappa shape index (κ3) is 4.35. The lowest BCUT2D eigenvalue weighted by Gasteiger charge is -2.32. The van der Waals surface area contributed by atoms with E-state index in [1.54, 1.807) is 30.3 Å². The minimum absolute atomic E-state index is 0.270. The summed E-state index contributed by atoms with van der Waals surface area (Å²) in [5, 5.41) is 0. The molecular formula is C18H23N3O2S. The van der Waals surface area contributed by atoms with Crippen molar-refractivity contribution in [3.8, 4) is 0 Å². The van der Waals surface area contributed by atoms with Crippen LogP contribution in [0.4, 0.5) is 5.69 Å². The molecule has 0 atom stereocenters. The Labute approximate surface area is 144 Å². The fourth-order valence-corrected chi connectivity index (χ4v) is 3.84. The number of nitrogens with one attached hydrogen (secondary N) is 1. The van der Waals surface area contributed by atoms with Gasteiger partial charge in [-0.15, -0.1) is 0 Å². The zero-order chi connectivity index (χ0) is 17.0. The molecule has 0 bridgehead atoms. The lowest BCUT2D eigenvalue weighted by molar-refractivity contribution is 0.148. The van der Waals surface area contributed by atoms with Crippen LogP contribution in [-0.4, -0.2) is 51.4 Å². The highest BCUT2D eigenvalue weighted by atomic mass is 32.2. The molecule has 2 aromatic carbocycles. The first-order valence-electron chi connectivity index (χ1n) is 8.11. The molecule has 24 heavy (non-hydrogen) atoms. The zero-order valence-electron chi connectivity index (χ0n) is 13.9. The zero-order valence-corrected chi connectivity index (χ0v) is 14.7. The van der Waals surface area contributed by atoms with Crippen LogP contribution in [0.1, 0.15) is 5.56 Å². The number of rotatable bonds is 5. The minimum Gasteiger partial charge on any atom is -0.304 e. The number of hydrogen-bond donors (Lipinski definition) is 1. The normalized spacial score (nSPS) is 16.9. The van der Waals surface area contributed by atoms with Crippen LogP contribution in [0.5, 0.6) is 0 Å². The number of piperazine rings is 1. The topological polar surface area (TPSA) is 52.6 Å². The maximum absolute atomic E-state index is 12.3. The second kappa shape index (κ2) is 7.34. The molecule has 1 aliphatic rings. The van der Waals surface area contributed by atoms with Gasteiger partial charge in [-0.05, 0) is 36.9 Å².